The van der Waals surface area contributed by atoms with Gasteiger partial charge in [-0.15, -0.1) is 0 Å². The van der Waals surface area contributed by atoms with E-state index in [1.165, 1.54) is 6.33 Å². The summed E-state index contributed by atoms with van der Waals surface area (Å²) < 4.78 is 31.0. The first-order valence-electron chi connectivity index (χ1n) is 9.12. The van der Waals surface area contributed by atoms with Gasteiger partial charge in [0.1, 0.15) is 12.4 Å². The second-order valence-electron chi connectivity index (χ2n) is 6.56. The Morgan fingerprint density at radius 2 is 2.25 bits per heavy atom. The summed E-state index contributed by atoms with van der Waals surface area (Å²) in [7, 11) is 1.55. The standard InChI is InChI=1S/C20H20FN3O4/c1-3-14-17(21)19(23-11-22-14)27-13-7-8-24(10-13)20(25)16-9-12-5-4-6-15(26-2)18(12)28-16/h4-6,9,11,13H,3,7-8,10H2,1-2H3/t13-/m0/s1. The van der Waals surface area contributed by atoms with Crippen molar-refractivity contribution in [2.75, 3.05) is 20.2 Å². The zero-order valence-electron chi connectivity index (χ0n) is 15.6. The van der Waals surface area contributed by atoms with Crippen LogP contribution in [0.15, 0.2) is 35.0 Å². The van der Waals surface area contributed by atoms with Gasteiger partial charge in [0.25, 0.3) is 11.8 Å². The molecule has 1 aromatic carbocycles. The fourth-order valence-corrected chi connectivity index (χ4v) is 3.34. The predicted octanol–water partition coefficient (Wildman–Crippen LogP) is 3.23. The Labute approximate surface area is 161 Å². The van der Waals surface area contributed by atoms with Crippen molar-refractivity contribution in [3.05, 3.63) is 47.9 Å². The van der Waals surface area contributed by atoms with Gasteiger partial charge in [0, 0.05) is 18.4 Å². The first-order chi connectivity index (χ1) is 13.6. The number of ether oxygens (including phenoxy) is 2. The number of amides is 1. The predicted molar refractivity (Wildman–Crippen MR) is 99.1 cm³/mol. The topological polar surface area (TPSA) is 77.7 Å². The van der Waals surface area contributed by atoms with Crippen LogP contribution in [-0.2, 0) is 6.42 Å². The molecule has 0 bridgehead atoms. The first kappa shape index (κ1) is 18.2. The molecule has 0 spiro atoms. The smallest absolute Gasteiger partial charge is 0.289 e. The molecule has 1 saturated heterocycles. The fourth-order valence-electron chi connectivity index (χ4n) is 3.34. The van der Waals surface area contributed by atoms with Crippen molar-refractivity contribution in [1.82, 2.24) is 14.9 Å². The van der Waals surface area contributed by atoms with Gasteiger partial charge in [0.15, 0.2) is 17.1 Å². The maximum atomic E-state index is 14.3. The lowest BCUT2D eigenvalue weighted by Crippen LogP contribution is -2.30. The number of rotatable bonds is 5. The molecule has 28 heavy (non-hydrogen) atoms. The minimum Gasteiger partial charge on any atom is -0.493 e. The van der Waals surface area contributed by atoms with Gasteiger partial charge in [-0.2, -0.15) is 9.37 Å². The maximum Gasteiger partial charge on any atom is 0.289 e. The Hall–Kier alpha value is -3.16. The third-order valence-electron chi connectivity index (χ3n) is 4.81. The highest BCUT2D eigenvalue weighted by atomic mass is 19.1. The minimum absolute atomic E-state index is 0.0698. The Morgan fingerprint density at radius 3 is 3.04 bits per heavy atom. The van der Waals surface area contributed by atoms with E-state index in [1.54, 1.807) is 24.1 Å². The molecular formula is C20H20FN3O4. The molecule has 8 heteroatoms. The number of aromatic nitrogens is 2. The number of fused-ring (bicyclic) bond motifs is 1. The van der Waals surface area contributed by atoms with Crippen molar-refractivity contribution in [3.8, 4) is 11.6 Å². The molecule has 1 amide bonds. The molecule has 0 unspecified atom stereocenters. The Bertz CT molecular complexity index is 1020. The molecule has 3 heterocycles. The number of hydrogen-bond donors (Lipinski definition) is 0. The Kier molecular flexibility index (Phi) is 4.85. The highest BCUT2D eigenvalue weighted by Crippen LogP contribution is 2.30. The minimum atomic E-state index is -0.542. The van der Waals surface area contributed by atoms with E-state index < -0.39 is 5.82 Å². The van der Waals surface area contributed by atoms with Gasteiger partial charge < -0.3 is 18.8 Å². The van der Waals surface area contributed by atoms with E-state index in [-0.39, 0.29) is 23.7 Å². The molecule has 0 saturated carbocycles. The Balaban J connectivity index is 1.48. The Morgan fingerprint density at radius 1 is 1.39 bits per heavy atom. The van der Waals surface area contributed by atoms with Gasteiger partial charge in [-0.3, -0.25) is 4.79 Å². The molecule has 7 nitrogen and oxygen atoms in total. The van der Waals surface area contributed by atoms with Crippen LogP contribution < -0.4 is 9.47 Å². The molecule has 1 fully saturated rings. The van der Waals surface area contributed by atoms with Crippen molar-refractivity contribution in [2.45, 2.75) is 25.9 Å². The molecule has 146 valence electrons. The summed E-state index contributed by atoms with van der Waals surface area (Å²) in [6.07, 6.45) is 1.99. The van der Waals surface area contributed by atoms with E-state index in [0.717, 1.165) is 5.39 Å². The molecule has 2 aromatic heterocycles. The van der Waals surface area contributed by atoms with Crippen molar-refractivity contribution in [3.63, 3.8) is 0 Å². The number of halogens is 1. The third-order valence-corrected chi connectivity index (χ3v) is 4.81. The molecule has 3 aromatic rings. The van der Waals surface area contributed by atoms with E-state index >= 15 is 0 Å². The number of nitrogens with zero attached hydrogens (tertiary/aromatic N) is 3. The van der Waals surface area contributed by atoms with Crippen LogP contribution in [0.1, 0.15) is 29.6 Å². The number of likely N-dealkylation sites (tertiary alicyclic amines) is 1. The van der Waals surface area contributed by atoms with Crippen LogP contribution in [0.2, 0.25) is 0 Å². The van der Waals surface area contributed by atoms with E-state index in [9.17, 15) is 9.18 Å². The second-order valence-corrected chi connectivity index (χ2v) is 6.56. The first-order valence-corrected chi connectivity index (χ1v) is 9.12. The van der Waals surface area contributed by atoms with E-state index in [1.807, 2.05) is 19.1 Å². The van der Waals surface area contributed by atoms with E-state index in [4.69, 9.17) is 13.9 Å². The van der Waals surface area contributed by atoms with E-state index in [0.29, 0.717) is 43.0 Å². The van der Waals surface area contributed by atoms with Gasteiger partial charge >= 0.3 is 0 Å². The number of para-hydroxylation sites is 1. The quantitative estimate of drug-likeness (QED) is 0.671. The largest absolute Gasteiger partial charge is 0.493 e. The summed E-state index contributed by atoms with van der Waals surface area (Å²) in [6.45, 7) is 2.64. The zero-order valence-corrected chi connectivity index (χ0v) is 15.6. The molecule has 4 rings (SSSR count). The lowest BCUT2D eigenvalue weighted by molar-refractivity contribution is 0.0741. The molecular weight excluding hydrogens is 365 g/mol. The average molecular weight is 385 g/mol. The summed E-state index contributed by atoms with van der Waals surface area (Å²) in [5.74, 6) is -0.0349. The van der Waals surface area contributed by atoms with Crippen molar-refractivity contribution in [2.24, 2.45) is 0 Å². The molecule has 1 aliphatic rings. The number of hydrogen-bond acceptors (Lipinski definition) is 6. The molecule has 0 N–H and O–H groups in total. The van der Waals surface area contributed by atoms with Gasteiger partial charge in [-0.05, 0) is 18.6 Å². The van der Waals surface area contributed by atoms with Crippen LogP contribution in [0.25, 0.3) is 11.0 Å². The number of benzene rings is 1. The van der Waals surface area contributed by atoms with Crippen LogP contribution in [0.4, 0.5) is 4.39 Å². The van der Waals surface area contributed by atoms with Crippen molar-refractivity contribution < 1.29 is 23.1 Å². The van der Waals surface area contributed by atoms with E-state index in [2.05, 4.69) is 9.97 Å². The molecule has 1 atom stereocenters. The number of methoxy groups -OCH3 is 1. The molecule has 0 radical (unpaired) electrons. The second kappa shape index (κ2) is 7.46. The summed E-state index contributed by atoms with van der Waals surface area (Å²) in [5, 5.41) is 0.796. The lowest BCUT2D eigenvalue weighted by Gasteiger charge is -2.16. The molecule has 1 aliphatic heterocycles. The monoisotopic (exact) mass is 385 g/mol. The SMILES string of the molecule is CCc1ncnc(O[C@H]2CCN(C(=O)c3cc4cccc(OC)c4o3)C2)c1F. The lowest BCUT2D eigenvalue weighted by atomic mass is 10.2. The van der Waals surface area contributed by atoms with Crippen molar-refractivity contribution in [1.29, 1.82) is 0 Å². The number of carbonyl (C=O) groups excluding carboxylic acids is 1. The highest BCUT2D eigenvalue weighted by Gasteiger charge is 2.31. The van der Waals surface area contributed by atoms with Gasteiger partial charge in [0.05, 0.1) is 19.3 Å². The number of carbonyl (C=O) groups is 1. The van der Waals surface area contributed by atoms with Crippen LogP contribution in [0.3, 0.4) is 0 Å². The fraction of sp³-hybridized carbons (Fsp3) is 0.350. The zero-order chi connectivity index (χ0) is 19.7. The van der Waals surface area contributed by atoms with Gasteiger partial charge in [-0.1, -0.05) is 19.1 Å². The van der Waals surface area contributed by atoms with Crippen LogP contribution in [-0.4, -0.2) is 47.1 Å². The van der Waals surface area contributed by atoms with Gasteiger partial charge in [-0.25, -0.2) is 4.98 Å². The normalized spacial score (nSPS) is 16.5. The summed E-state index contributed by atoms with van der Waals surface area (Å²) >= 11 is 0. The third kappa shape index (κ3) is 3.26. The number of furan rings is 1. The highest BCUT2D eigenvalue weighted by molar-refractivity contribution is 5.97. The summed E-state index contributed by atoms with van der Waals surface area (Å²) in [5.41, 5.74) is 0.850. The summed E-state index contributed by atoms with van der Waals surface area (Å²) in [4.78, 5) is 22.2. The average Bonchev–Trinajstić information content (AvgIpc) is 3.35. The van der Waals surface area contributed by atoms with Crippen LogP contribution in [0.5, 0.6) is 11.6 Å². The van der Waals surface area contributed by atoms with Crippen molar-refractivity contribution >= 4 is 16.9 Å². The number of aryl methyl sites for hydroxylation is 1. The van der Waals surface area contributed by atoms with Gasteiger partial charge in [0.2, 0.25) is 5.82 Å². The maximum absolute atomic E-state index is 14.3. The molecule has 0 aliphatic carbocycles. The van der Waals surface area contributed by atoms with Crippen LogP contribution >= 0.6 is 0 Å². The van der Waals surface area contributed by atoms with Crippen LogP contribution in [0, 0.1) is 5.82 Å². The summed E-state index contributed by atoms with van der Waals surface area (Å²) in [6, 6.07) is 7.18.